The third kappa shape index (κ3) is 4.27. The van der Waals surface area contributed by atoms with Gasteiger partial charge in [-0.25, -0.2) is 0 Å². The first-order valence-corrected chi connectivity index (χ1v) is 6.48. The summed E-state index contributed by atoms with van der Waals surface area (Å²) in [5, 5.41) is 0. The van der Waals surface area contributed by atoms with Gasteiger partial charge in [0.2, 0.25) is 0 Å². The molecule has 0 radical (unpaired) electrons. The highest BCUT2D eigenvalue weighted by molar-refractivity contribution is 5.97. The molecule has 1 heterocycles. The Morgan fingerprint density at radius 1 is 1.44 bits per heavy atom. The number of hydrogen-bond donors (Lipinski definition) is 0. The third-order valence-electron chi connectivity index (χ3n) is 3.16. The number of rotatable bonds is 7. The monoisotopic (exact) mass is 251 g/mol. The Bertz CT molecular complexity index is 384. The molecule has 102 valence electrons. The first kappa shape index (κ1) is 14.9. The second-order valence-corrected chi connectivity index (χ2v) is 5.16. The van der Waals surface area contributed by atoms with Crippen molar-refractivity contribution in [2.75, 3.05) is 33.7 Å². The zero-order valence-corrected chi connectivity index (χ0v) is 12.2. The van der Waals surface area contributed by atoms with Crippen molar-refractivity contribution in [3.63, 3.8) is 0 Å². The van der Waals surface area contributed by atoms with E-state index >= 15 is 0 Å². The van der Waals surface area contributed by atoms with Crippen molar-refractivity contribution in [1.29, 1.82) is 0 Å². The fourth-order valence-corrected chi connectivity index (χ4v) is 2.17. The van der Waals surface area contributed by atoms with E-state index in [-0.39, 0.29) is 5.78 Å². The predicted octanol–water partition coefficient (Wildman–Crippen LogP) is 1.48. The molecule has 4 heteroatoms. The van der Waals surface area contributed by atoms with Crippen LogP contribution in [0.1, 0.15) is 24.2 Å². The minimum absolute atomic E-state index is 0.197. The van der Waals surface area contributed by atoms with Crippen molar-refractivity contribution in [1.82, 2.24) is 14.4 Å². The van der Waals surface area contributed by atoms with Crippen molar-refractivity contribution in [2.24, 2.45) is 7.05 Å². The average molecular weight is 251 g/mol. The summed E-state index contributed by atoms with van der Waals surface area (Å²) in [6.07, 6.45) is 3.79. The lowest BCUT2D eigenvalue weighted by molar-refractivity contribution is 0.0888. The van der Waals surface area contributed by atoms with Crippen LogP contribution in [-0.2, 0) is 7.05 Å². The van der Waals surface area contributed by atoms with Crippen molar-refractivity contribution in [3.05, 3.63) is 24.0 Å². The summed E-state index contributed by atoms with van der Waals surface area (Å²) in [5.41, 5.74) is 0.799. The van der Waals surface area contributed by atoms with Gasteiger partial charge in [-0.2, -0.15) is 0 Å². The van der Waals surface area contributed by atoms with Crippen LogP contribution in [0.15, 0.2) is 18.5 Å². The van der Waals surface area contributed by atoms with Gasteiger partial charge in [0, 0.05) is 37.6 Å². The molecule has 0 N–H and O–H groups in total. The highest BCUT2D eigenvalue weighted by Gasteiger charge is 2.17. The molecule has 0 saturated heterocycles. The summed E-state index contributed by atoms with van der Waals surface area (Å²) in [4.78, 5) is 16.5. The van der Waals surface area contributed by atoms with Gasteiger partial charge in [-0.1, -0.05) is 6.92 Å². The van der Waals surface area contributed by atoms with Crippen molar-refractivity contribution in [2.45, 2.75) is 19.9 Å². The molecule has 0 aliphatic heterocycles. The summed E-state index contributed by atoms with van der Waals surface area (Å²) in [6.45, 7) is 6.63. The summed E-state index contributed by atoms with van der Waals surface area (Å²) in [5.74, 6) is 0.197. The van der Waals surface area contributed by atoms with E-state index in [1.54, 1.807) is 0 Å². The average Bonchev–Trinajstić information content (AvgIpc) is 2.71. The molecule has 4 nitrogen and oxygen atoms in total. The highest BCUT2D eigenvalue weighted by atomic mass is 16.1. The van der Waals surface area contributed by atoms with E-state index in [0.717, 1.165) is 18.7 Å². The molecule has 0 spiro atoms. The maximum absolute atomic E-state index is 12.1. The molecule has 0 aromatic carbocycles. The van der Waals surface area contributed by atoms with Crippen LogP contribution in [0.25, 0.3) is 0 Å². The Labute approximate surface area is 110 Å². The van der Waals surface area contributed by atoms with E-state index < -0.39 is 0 Å². The van der Waals surface area contributed by atoms with Crippen LogP contribution < -0.4 is 0 Å². The minimum atomic E-state index is 0.197. The van der Waals surface area contributed by atoms with Crippen LogP contribution in [0.3, 0.4) is 0 Å². The second kappa shape index (κ2) is 6.71. The topological polar surface area (TPSA) is 28.5 Å². The van der Waals surface area contributed by atoms with Gasteiger partial charge in [0.15, 0.2) is 5.78 Å². The smallest absolute Gasteiger partial charge is 0.178 e. The molecule has 18 heavy (non-hydrogen) atoms. The van der Waals surface area contributed by atoms with E-state index in [2.05, 4.69) is 37.7 Å². The van der Waals surface area contributed by atoms with Gasteiger partial charge in [0.05, 0.1) is 6.54 Å². The largest absolute Gasteiger partial charge is 0.357 e. The Kier molecular flexibility index (Phi) is 5.56. The standard InChI is InChI=1S/C14H25N3O/c1-6-17(12(2)9-15(3)4)11-14(18)13-7-8-16(5)10-13/h7-8,10,12H,6,9,11H2,1-5H3. The number of ketones is 1. The van der Waals surface area contributed by atoms with Crippen molar-refractivity contribution < 1.29 is 4.79 Å². The first-order valence-electron chi connectivity index (χ1n) is 6.48. The SMILES string of the molecule is CCN(CC(=O)c1ccn(C)c1)C(C)CN(C)C. The molecule has 0 fully saturated rings. The minimum Gasteiger partial charge on any atom is -0.357 e. The maximum atomic E-state index is 12.1. The lowest BCUT2D eigenvalue weighted by Gasteiger charge is -2.29. The number of likely N-dealkylation sites (N-methyl/N-ethyl adjacent to an activating group) is 2. The normalized spacial score (nSPS) is 13.3. The van der Waals surface area contributed by atoms with Crippen LogP contribution in [-0.4, -0.2) is 59.9 Å². The molecule has 1 atom stereocenters. The summed E-state index contributed by atoms with van der Waals surface area (Å²) >= 11 is 0. The number of nitrogens with zero attached hydrogens (tertiary/aromatic N) is 3. The molecule has 0 amide bonds. The van der Waals surface area contributed by atoms with Crippen LogP contribution >= 0.6 is 0 Å². The second-order valence-electron chi connectivity index (χ2n) is 5.16. The lowest BCUT2D eigenvalue weighted by atomic mass is 10.2. The number of carbonyl (C=O) groups excluding carboxylic acids is 1. The van der Waals surface area contributed by atoms with E-state index in [1.807, 2.05) is 30.1 Å². The molecule has 1 unspecified atom stereocenters. The fourth-order valence-electron chi connectivity index (χ4n) is 2.17. The Hall–Kier alpha value is -1.13. The molecular formula is C14H25N3O. The van der Waals surface area contributed by atoms with E-state index in [4.69, 9.17) is 0 Å². The summed E-state index contributed by atoms with van der Waals surface area (Å²) in [6, 6.07) is 2.27. The quantitative estimate of drug-likeness (QED) is 0.687. The van der Waals surface area contributed by atoms with E-state index in [1.165, 1.54) is 0 Å². The molecule has 0 aliphatic rings. The maximum Gasteiger partial charge on any atom is 0.178 e. The summed E-state index contributed by atoms with van der Waals surface area (Å²) < 4.78 is 1.91. The van der Waals surface area contributed by atoms with Gasteiger partial charge in [0.1, 0.15) is 0 Å². The van der Waals surface area contributed by atoms with Gasteiger partial charge in [-0.3, -0.25) is 9.69 Å². The number of aryl methyl sites for hydroxylation is 1. The van der Waals surface area contributed by atoms with Crippen molar-refractivity contribution in [3.8, 4) is 0 Å². The Morgan fingerprint density at radius 2 is 2.11 bits per heavy atom. The fraction of sp³-hybridized carbons (Fsp3) is 0.643. The Balaban J connectivity index is 2.60. The zero-order chi connectivity index (χ0) is 13.7. The first-order chi connectivity index (χ1) is 8.43. The number of hydrogen-bond acceptors (Lipinski definition) is 3. The predicted molar refractivity (Wildman–Crippen MR) is 75.0 cm³/mol. The van der Waals surface area contributed by atoms with Crippen LogP contribution in [0.5, 0.6) is 0 Å². The van der Waals surface area contributed by atoms with Gasteiger partial charge >= 0.3 is 0 Å². The molecule has 1 aromatic rings. The molecular weight excluding hydrogens is 226 g/mol. The van der Waals surface area contributed by atoms with Crippen LogP contribution in [0.2, 0.25) is 0 Å². The van der Waals surface area contributed by atoms with E-state index in [9.17, 15) is 4.79 Å². The van der Waals surface area contributed by atoms with Gasteiger partial charge in [-0.15, -0.1) is 0 Å². The van der Waals surface area contributed by atoms with Gasteiger partial charge in [-0.05, 0) is 33.6 Å². The van der Waals surface area contributed by atoms with Crippen molar-refractivity contribution >= 4 is 5.78 Å². The lowest BCUT2D eigenvalue weighted by Crippen LogP contribution is -2.42. The van der Waals surface area contributed by atoms with E-state index in [0.29, 0.717) is 12.6 Å². The molecule has 0 saturated carbocycles. The Morgan fingerprint density at radius 3 is 2.56 bits per heavy atom. The molecule has 0 bridgehead atoms. The number of carbonyl (C=O) groups is 1. The number of aromatic nitrogens is 1. The van der Waals surface area contributed by atoms with Gasteiger partial charge < -0.3 is 9.47 Å². The van der Waals surface area contributed by atoms with Crippen LogP contribution in [0.4, 0.5) is 0 Å². The highest BCUT2D eigenvalue weighted by Crippen LogP contribution is 2.06. The van der Waals surface area contributed by atoms with Gasteiger partial charge in [0.25, 0.3) is 0 Å². The third-order valence-corrected chi connectivity index (χ3v) is 3.16. The molecule has 1 aromatic heterocycles. The zero-order valence-electron chi connectivity index (χ0n) is 12.2. The molecule has 0 aliphatic carbocycles. The molecule has 1 rings (SSSR count). The van der Waals surface area contributed by atoms with Crippen LogP contribution in [0, 0.1) is 0 Å². The summed E-state index contributed by atoms with van der Waals surface area (Å²) in [7, 11) is 6.05. The number of Topliss-reactive ketones (excluding diaryl/α,β-unsaturated/α-hetero) is 1.